The topological polar surface area (TPSA) is 60.0 Å². The Bertz CT molecular complexity index is 816. The van der Waals surface area contributed by atoms with E-state index < -0.39 is 0 Å². The van der Waals surface area contributed by atoms with Crippen LogP contribution < -0.4 is 24.4 Å². The Kier molecular flexibility index (Phi) is 6.86. The lowest BCUT2D eigenvalue weighted by Crippen LogP contribution is -2.54. The lowest BCUT2D eigenvalue weighted by atomic mass is 10.1. The van der Waals surface area contributed by atoms with Gasteiger partial charge in [-0.25, -0.2) is 0 Å². The molecule has 6 nitrogen and oxygen atoms in total. The average molecular weight is 399 g/mol. The molecule has 0 saturated carbocycles. The maximum atomic E-state index is 11.2. The first-order valence-electron chi connectivity index (χ1n) is 10.2. The summed E-state index contributed by atoms with van der Waals surface area (Å²) in [6.45, 7) is 10.3. The second-order valence-electron chi connectivity index (χ2n) is 7.13. The molecular formula is C23H30N2O4. The monoisotopic (exact) mass is 398 g/mol. The molecule has 1 N–H and O–H groups in total. The lowest BCUT2D eigenvalue weighted by Gasteiger charge is -2.40. The summed E-state index contributed by atoms with van der Waals surface area (Å²) in [5, 5.41) is 2.89. The molecule has 1 aliphatic heterocycles. The van der Waals surface area contributed by atoms with Crippen molar-refractivity contribution < 1.29 is 19.0 Å². The Balaban J connectivity index is 1.55. The Morgan fingerprint density at radius 3 is 2.34 bits per heavy atom. The number of nitrogens with zero attached hydrogens (tertiary/aromatic N) is 1. The van der Waals surface area contributed by atoms with E-state index in [1.807, 2.05) is 57.2 Å². The van der Waals surface area contributed by atoms with Crippen molar-refractivity contribution in [2.24, 2.45) is 0 Å². The van der Waals surface area contributed by atoms with Crippen LogP contribution in [0.2, 0.25) is 0 Å². The maximum absolute atomic E-state index is 11.2. The van der Waals surface area contributed by atoms with Gasteiger partial charge in [-0.2, -0.15) is 0 Å². The number of hydrogen-bond acceptors (Lipinski definition) is 5. The number of hydrogen-bond donors (Lipinski definition) is 1. The largest absolute Gasteiger partial charge is 0.490 e. The highest BCUT2D eigenvalue weighted by molar-refractivity contribution is 5.73. The third-order valence-electron chi connectivity index (χ3n) is 4.84. The zero-order valence-electron chi connectivity index (χ0n) is 17.6. The van der Waals surface area contributed by atoms with Gasteiger partial charge in [0.05, 0.1) is 32.3 Å². The molecule has 3 rings (SSSR count). The van der Waals surface area contributed by atoms with Crippen LogP contribution in [-0.2, 0) is 4.79 Å². The molecule has 1 atom stereocenters. The summed E-state index contributed by atoms with van der Waals surface area (Å²) in [7, 11) is 0. The van der Waals surface area contributed by atoms with Gasteiger partial charge in [0.15, 0.2) is 11.5 Å². The molecule has 1 amide bonds. The van der Waals surface area contributed by atoms with Crippen molar-refractivity contribution in [3.63, 3.8) is 0 Å². The van der Waals surface area contributed by atoms with E-state index in [-0.39, 0.29) is 18.1 Å². The normalized spacial score (nSPS) is 14.7. The summed E-state index contributed by atoms with van der Waals surface area (Å²) in [6, 6.07) is 13.9. The summed E-state index contributed by atoms with van der Waals surface area (Å²) in [5.74, 6) is 2.37. The third-order valence-corrected chi connectivity index (χ3v) is 4.84. The van der Waals surface area contributed by atoms with Crippen LogP contribution in [0.3, 0.4) is 0 Å². The van der Waals surface area contributed by atoms with Gasteiger partial charge in [0.25, 0.3) is 0 Å². The fourth-order valence-electron chi connectivity index (χ4n) is 3.38. The van der Waals surface area contributed by atoms with Gasteiger partial charge in [-0.05, 0) is 50.6 Å². The van der Waals surface area contributed by atoms with E-state index in [9.17, 15) is 4.79 Å². The van der Waals surface area contributed by atoms with Crippen molar-refractivity contribution in [1.29, 1.82) is 0 Å². The van der Waals surface area contributed by atoms with E-state index in [0.717, 1.165) is 41.6 Å². The van der Waals surface area contributed by atoms with Crippen LogP contribution in [0.5, 0.6) is 17.2 Å². The molecule has 0 aromatic heterocycles. The minimum atomic E-state index is -0.0332. The van der Waals surface area contributed by atoms with Crippen LogP contribution in [0.4, 0.5) is 5.69 Å². The fourth-order valence-corrected chi connectivity index (χ4v) is 3.38. The first kappa shape index (κ1) is 20.8. The van der Waals surface area contributed by atoms with Crippen LogP contribution >= 0.6 is 0 Å². The van der Waals surface area contributed by atoms with E-state index >= 15 is 0 Å². The molecule has 1 saturated heterocycles. The standard InChI is InChI=1S/C23H30N2O4/c1-5-27-22-12-9-19(13-23(22)28-6-2)25-14-21(15-25)29-20-10-7-18(8-11-20)16(3)24-17(4)26/h7-13,16,21H,5-6,14-15H2,1-4H3,(H,24,26)/t16-/m0/s1. The molecule has 6 heteroatoms. The zero-order valence-corrected chi connectivity index (χ0v) is 17.6. The quantitative estimate of drug-likeness (QED) is 0.693. The van der Waals surface area contributed by atoms with Gasteiger partial charge in [0.2, 0.25) is 5.91 Å². The summed E-state index contributed by atoms with van der Waals surface area (Å²) in [6.07, 6.45) is 0.149. The Labute approximate surface area is 172 Å². The molecule has 1 fully saturated rings. The molecule has 0 radical (unpaired) electrons. The zero-order chi connectivity index (χ0) is 20.8. The molecule has 2 aromatic carbocycles. The number of rotatable bonds is 9. The van der Waals surface area contributed by atoms with Crippen molar-refractivity contribution in [1.82, 2.24) is 5.32 Å². The molecule has 0 unspecified atom stereocenters. The molecule has 1 heterocycles. The molecule has 0 bridgehead atoms. The Hall–Kier alpha value is -2.89. The lowest BCUT2D eigenvalue weighted by molar-refractivity contribution is -0.119. The van der Waals surface area contributed by atoms with Crippen LogP contribution in [0.15, 0.2) is 42.5 Å². The van der Waals surface area contributed by atoms with E-state index in [1.54, 1.807) is 0 Å². The number of benzene rings is 2. The Morgan fingerprint density at radius 1 is 1.07 bits per heavy atom. The van der Waals surface area contributed by atoms with Crippen molar-refractivity contribution in [3.05, 3.63) is 48.0 Å². The van der Waals surface area contributed by atoms with E-state index in [0.29, 0.717) is 13.2 Å². The highest BCUT2D eigenvalue weighted by atomic mass is 16.5. The average Bonchev–Trinajstić information content (AvgIpc) is 2.66. The first-order chi connectivity index (χ1) is 14.0. The molecule has 29 heavy (non-hydrogen) atoms. The van der Waals surface area contributed by atoms with Crippen LogP contribution in [-0.4, -0.2) is 38.3 Å². The van der Waals surface area contributed by atoms with Gasteiger partial charge in [-0.3, -0.25) is 4.79 Å². The summed E-state index contributed by atoms with van der Waals surface area (Å²) in [5.41, 5.74) is 2.16. The maximum Gasteiger partial charge on any atom is 0.217 e. The minimum Gasteiger partial charge on any atom is -0.490 e. The highest BCUT2D eigenvalue weighted by Gasteiger charge is 2.29. The van der Waals surface area contributed by atoms with Gasteiger partial charge < -0.3 is 24.4 Å². The molecule has 1 aliphatic rings. The number of ether oxygens (including phenoxy) is 3. The molecule has 0 aliphatic carbocycles. The van der Waals surface area contributed by atoms with E-state index in [1.165, 1.54) is 6.92 Å². The summed E-state index contributed by atoms with van der Waals surface area (Å²) >= 11 is 0. The fraction of sp³-hybridized carbons (Fsp3) is 0.435. The minimum absolute atomic E-state index is 0.0139. The second kappa shape index (κ2) is 9.54. The smallest absolute Gasteiger partial charge is 0.217 e. The molecule has 0 spiro atoms. The van der Waals surface area contributed by atoms with E-state index in [2.05, 4.69) is 16.3 Å². The van der Waals surface area contributed by atoms with Crippen molar-refractivity contribution in [3.8, 4) is 17.2 Å². The number of carbonyl (C=O) groups excluding carboxylic acids is 1. The molecule has 2 aromatic rings. The number of amides is 1. The van der Waals surface area contributed by atoms with Gasteiger partial charge in [-0.15, -0.1) is 0 Å². The van der Waals surface area contributed by atoms with Gasteiger partial charge in [-0.1, -0.05) is 12.1 Å². The van der Waals surface area contributed by atoms with Crippen LogP contribution in [0.1, 0.15) is 39.3 Å². The third kappa shape index (κ3) is 5.34. The molecular weight excluding hydrogens is 368 g/mol. The summed E-state index contributed by atoms with van der Waals surface area (Å²) < 4.78 is 17.4. The molecule has 156 valence electrons. The SMILES string of the molecule is CCOc1ccc(N2CC(Oc3ccc([C@H](C)NC(C)=O)cc3)C2)cc1OCC. The van der Waals surface area contributed by atoms with Gasteiger partial charge in [0.1, 0.15) is 11.9 Å². The van der Waals surface area contributed by atoms with Crippen molar-refractivity contribution in [2.75, 3.05) is 31.2 Å². The van der Waals surface area contributed by atoms with Crippen molar-refractivity contribution >= 4 is 11.6 Å². The number of nitrogens with one attached hydrogen (secondary N) is 1. The van der Waals surface area contributed by atoms with Crippen LogP contribution in [0, 0.1) is 0 Å². The predicted molar refractivity (Wildman–Crippen MR) is 114 cm³/mol. The van der Waals surface area contributed by atoms with Gasteiger partial charge in [0, 0.05) is 18.7 Å². The first-order valence-corrected chi connectivity index (χ1v) is 10.2. The van der Waals surface area contributed by atoms with Crippen LogP contribution in [0.25, 0.3) is 0 Å². The van der Waals surface area contributed by atoms with Gasteiger partial charge >= 0.3 is 0 Å². The number of anilines is 1. The Morgan fingerprint density at radius 2 is 1.72 bits per heavy atom. The predicted octanol–water partition coefficient (Wildman–Crippen LogP) is 3.95. The van der Waals surface area contributed by atoms with Crippen molar-refractivity contribution in [2.45, 2.75) is 39.8 Å². The summed E-state index contributed by atoms with van der Waals surface area (Å²) in [4.78, 5) is 13.4. The second-order valence-corrected chi connectivity index (χ2v) is 7.13. The number of carbonyl (C=O) groups is 1. The highest BCUT2D eigenvalue weighted by Crippen LogP contribution is 2.34. The van der Waals surface area contributed by atoms with E-state index in [4.69, 9.17) is 14.2 Å².